The Bertz CT molecular complexity index is 396. The van der Waals surface area contributed by atoms with Gasteiger partial charge < -0.3 is 11.1 Å². The average Bonchev–Trinajstić information content (AvgIpc) is 2.93. The number of carbonyl (C=O) groups is 1. The van der Waals surface area contributed by atoms with Crippen LogP contribution in [-0.2, 0) is 6.54 Å². The van der Waals surface area contributed by atoms with Crippen LogP contribution in [0.4, 0.5) is 0 Å². The normalized spacial score (nSPS) is 15.6. The first-order chi connectivity index (χ1) is 9.29. The summed E-state index contributed by atoms with van der Waals surface area (Å²) in [7, 11) is 0. The smallest absolute Gasteiger partial charge is 0.251 e. The van der Waals surface area contributed by atoms with Crippen LogP contribution in [0.2, 0.25) is 0 Å². The van der Waals surface area contributed by atoms with Gasteiger partial charge in [-0.3, -0.25) is 9.69 Å². The molecule has 4 heteroatoms. The van der Waals surface area contributed by atoms with E-state index in [0.717, 1.165) is 18.5 Å². The molecule has 0 aliphatic carbocycles. The first-order valence-corrected chi connectivity index (χ1v) is 7.09. The van der Waals surface area contributed by atoms with Crippen molar-refractivity contribution in [1.29, 1.82) is 0 Å². The largest absolute Gasteiger partial charge is 0.352 e. The summed E-state index contributed by atoms with van der Waals surface area (Å²) >= 11 is 0. The first-order valence-electron chi connectivity index (χ1n) is 7.09. The highest BCUT2D eigenvalue weighted by atomic mass is 16.1. The number of likely N-dealkylation sites (tertiary alicyclic amines) is 1. The number of hydrogen-bond acceptors (Lipinski definition) is 3. The molecule has 104 valence electrons. The van der Waals surface area contributed by atoms with Crippen LogP contribution in [0, 0.1) is 0 Å². The lowest BCUT2D eigenvalue weighted by molar-refractivity contribution is 0.0953. The molecule has 0 saturated carbocycles. The molecular formula is C15H23N3O. The van der Waals surface area contributed by atoms with Gasteiger partial charge in [0.25, 0.3) is 5.91 Å². The minimum atomic E-state index is -0.0128. The Morgan fingerprint density at radius 3 is 2.53 bits per heavy atom. The van der Waals surface area contributed by atoms with E-state index in [1.165, 1.54) is 31.5 Å². The second kappa shape index (κ2) is 7.26. The van der Waals surface area contributed by atoms with Gasteiger partial charge in [0.15, 0.2) is 0 Å². The number of rotatable bonds is 6. The zero-order chi connectivity index (χ0) is 13.5. The standard InChI is InChI=1S/C15H23N3O/c16-8-3-9-17-15(19)14-6-4-13(5-7-14)12-18-10-1-2-11-18/h4-7H,1-3,8-12,16H2,(H,17,19). The molecule has 19 heavy (non-hydrogen) atoms. The summed E-state index contributed by atoms with van der Waals surface area (Å²) in [5.41, 5.74) is 7.40. The Morgan fingerprint density at radius 1 is 1.21 bits per heavy atom. The van der Waals surface area contributed by atoms with Gasteiger partial charge in [-0.2, -0.15) is 0 Å². The van der Waals surface area contributed by atoms with Crippen molar-refractivity contribution in [2.45, 2.75) is 25.8 Å². The lowest BCUT2D eigenvalue weighted by Gasteiger charge is -2.14. The molecule has 1 saturated heterocycles. The molecule has 1 fully saturated rings. The zero-order valence-electron chi connectivity index (χ0n) is 11.4. The summed E-state index contributed by atoms with van der Waals surface area (Å²) in [5.74, 6) is -0.0128. The third-order valence-corrected chi connectivity index (χ3v) is 3.49. The highest BCUT2D eigenvalue weighted by Crippen LogP contribution is 2.13. The summed E-state index contributed by atoms with van der Waals surface area (Å²) in [6, 6.07) is 7.92. The van der Waals surface area contributed by atoms with Crippen LogP contribution >= 0.6 is 0 Å². The SMILES string of the molecule is NCCCNC(=O)c1ccc(CN2CCCC2)cc1. The Balaban J connectivity index is 1.84. The monoisotopic (exact) mass is 261 g/mol. The number of benzene rings is 1. The van der Waals surface area contributed by atoms with Crippen LogP contribution in [0.5, 0.6) is 0 Å². The number of hydrogen-bond donors (Lipinski definition) is 2. The molecule has 1 heterocycles. The molecule has 1 amide bonds. The molecule has 1 aliphatic heterocycles. The van der Waals surface area contributed by atoms with Crippen LogP contribution in [0.25, 0.3) is 0 Å². The van der Waals surface area contributed by atoms with Gasteiger partial charge in [-0.15, -0.1) is 0 Å². The van der Waals surface area contributed by atoms with Crippen molar-refractivity contribution in [3.05, 3.63) is 35.4 Å². The number of nitrogens with two attached hydrogens (primary N) is 1. The third-order valence-electron chi connectivity index (χ3n) is 3.49. The second-order valence-electron chi connectivity index (χ2n) is 5.08. The van der Waals surface area contributed by atoms with Crippen LogP contribution in [0.15, 0.2) is 24.3 Å². The number of carbonyl (C=O) groups excluding carboxylic acids is 1. The summed E-state index contributed by atoms with van der Waals surface area (Å²) in [5, 5.41) is 2.86. The molecule has 0 atom stereocenters. The third kappa shape index (κ3) is 4.33. The Hall–Kier alpha value is -1.39. The Labute approximate surface area is 115 Å². The van der Waals surface area contributed by atoms with E-state index in [1.54, 1.807) is 0 Å². The van der Waals surface area contributed by atoms with Crippen LogP contribution in [0.1, 0.15) is 35.2 Å². The van der Waals surface area contributed by atoms with Gasteiger partial charge in [-0.1, -0.05) is 12.1 Å². The van der Waals surface area contributed by atoms with E-state index in [9.17, 15) is 4.79 Å². The topological polar surface area (TPSA) is 58.4 Å². The van der Waals surface area contributed by atoms with Gasteiger partial charge in [0.05, 0.1) is 0 Å². The van der Waals surface area contributed by atoms with Crippen LogP contribution in [0.3, 0.4) is 0 Å². The average molecular weight is 261 g/mol. The highest BCUT2D eigenvalue weighted by Gasteiger charge is 2.12. The van der Waals surface area contributed by atoms with E-state index >= 15 is 0 Å². The molecule has 3 N–H and O–H groups in total. The van der Waals surface area contributed by atoms with Crippen LogP contribution < -0.4 is 11.1 Å². The molecule has 2 rings (SSSR count). The molecule has 1 aliphatic rings. The van der Waals surface area contributed by atoms with E-state index < -0.39 is 0 Å². The van der Waals surface area contributed by atoms with Gasteiger partial charge >= 0.3 is 0 Å². The maximum Gasteiger partial charge on any atom is 0.251 e. The minimum absolute atomic E-state index is 0.0128. The predicted molar refractivity (Wildman–Crippen MR) is 77.0 cm³/mol. The fourth-order valence-electron chi connectivity index (χ4n) is 2.37. The van der Waals surface area contributed by atoms with Gasteiger partial charge in [0.1, 0.15) is 0 Å². The van der Waals surface area contributed by atoms with E-state index in [1.807, 2.05) is 12.1 Å². The Morgan fingerprint density at radius 2 is 1.89 bits per heavy atom. The van der Waals surface area contributed by atoms with Crippen molar-refractivity contribution in [2.75, 3.05) is 26.2 Å². The predicted octanol–water partition coefficient (Wildman–Crippen LogP) is 1.36. The zero-order valence-corrected chi connectivity index (χ0v) is 11.4. The fraction of sp³-hybridized carbons (Fsp3) is 0.533. The molecular weight excluding hydrogens is 238 g/mol. The van der Waals surface area contributed by atoms with Gasteiger partial charge in [0, 0.05) is 18.7 Å². The fourth-order valence-corrected chi connectivity index (χ4v) is 2.37. The van der Waals surface area contributed by atoms with Crippen molar-refractivity contribution in [3.63, 3.8) is 0 Å². The van der Waals surface area contributed by atoms with Crippen molar-refractivity contribution < 1.29 is 4.79 Å². The number of nitrogens with one attached hydrogen (secondary N) is 1. The van der Waals surface area contributed by atoms with E-state index in [0.29, 0.717) is 13.1 Å². The summed E-state index contributed by atoms with van der Waals surface area (Å²) < 4.78 is 0. The van der Waals surface area contributed by atoms with Gasteiger partial charge in [0.2, 0.25) is 0 Å². The first kappa shape index (κ1) is 14.0. The molecule has 0 radical (unpaired) electrons. The van der Waals surface area contributed by atoms with Crippen molar-refractivity contribution in [1.82, 2.24) is 10.2 Å². The molecule has 1 aromatic carbocycles. The highest BCUT2D eigenvalue weighted by molar-refractivity contribution is 5.94. The number of nitrogens with zero attached hydrogens (tertiary/aromatic N) is 1. The van der Waals surface area contributed by atoms with Crippen LogP contribution in [-0.4, -0.2) is 37.0 Å². The van der Waals surface area contributed by atoms with Gasteiger partial charge in [-0.25, -0.2) is 0 Å². The summed E-state index contributed by atoms with van der Waals surface area (Å²) in [4.78, 5) is 14.3. The van der Waals surface area contributed by atoms with Crippen molar-refractivity contribution in [2.24, 2.45) is 5.73 Å². The molecule has 1 aromatic rings. The van der Waals surface area contributed by atoms with Crippen molar-refractivity contribution >= 4 is 5.91 Å². The lowest BCUT2D eigenvalue weighted by atomic mass is 10.1. The van der Waals surface area contributed by atoms with Crippen molar-refractivity contribution in [3.8, 4) is 0 Å². The second-order valence-corrected chi connectivity index (χ2v) is 5.08. The summed E-state index contributed by atoms with van der Waals surface area (Å²) in [6.45, 7) is 4.64. The lowest BCUT2D eigenvalue weighted by Crippen LogP contribution is -2.26. The van der Waals surface area contributed by atoms with E-state index in [-0.39, 0.29) is 5.91 Å². The Kier molecular flexibility index (Phi) is 5.36. The molecule has 4 nitrogen and oxygen atoms in total. The quantitative estimate of drug-likeness (QED) is 0.760. The summed E-state index contributed by atoms with van der Waals surface area (Å²) in [6.07, 6.45) is 3.43. The molecule has 0 spiro atoms. The minimum Gasteiger partial charge on any atom is -0.352 e. The van der Waals surface area contributed by atoms with Gasteiger partial charge in [-0.05, 0) is 56.6 Å². The molecule has 0 unspecified atom stereocenters. The van der Waals surface area contributed by atoms with E-state index in [4.69, 9.17) is 5.73 Å². The maximum atomic E-state index is 11.8. The number of amides is 1. The maximum absolute atomic E-state index is 11.8. The van der Waals surface area contributed by atoms with E-state index in [2.05, 4.69) is 22.3 Å². The molecule has 0 aromatic heterocycles. The molecule has 0 bridgehead atoms.